The van der Waals surface area contributed by atoms with Gasteiger partial charge in [0.2, 0.25) is 5.91 Å². The van der Waals surface area contributed by atoms with Gasteiger partial charge in [0.1, 0.15) is 6.54 Å². The molecule has 128 valence electrons. The highest BCUT2D eigenvalue weighted by atomic mass is 16.5. The topological polar surface area (TPSA) is 99.0 Å². The van der Waals surface area contributed by atoms with Crippen LogP contribution in [0.3, 0.4) is 0 Å². The molecule has 3 aromatic rings. The first-order chi connectivity index (χ1) is 12.0. The minimum Gasteiger partial charge on any atom is -0.467 e. The molecule has 2 heterocycles. The molecule has 0 bridgehead atoms. The molecule has 0 unspecified atom stereocenters. The molecule has 0 saturated heterocycles. The van der Waals surface area contributed by atoms with Crippen molar-refractivity contribution in [2.45, 2.75) is 20.4 Å². The van der Waals surface area contributed by atoms with Crippen molar-refractivity contribution in [3.8, 4) is 6.01 Å². The molecule has 8 nitrogen and oxygen atoms in total. The molecular weight excluding hydrogens is 322 g/mol. The molecule has 0 saturated carbocycles. The quantitative estimate of drug-likeness (QED) is 0.772. The fourth-order valence-electron chi connectivity index (χ4n) is 2.51. The van der Waals surface area contributed by atoms with Gasteiger partial charge in [0, 0.05) is 0 Å². The standard InChI is InChI=1S/C17H17N5O3/c1-10-15(11(2)20-17(19-10)25-3)21-14(23)8-22-9-18-13-7-5-4-6-12(13)16(22)24/h4-7,9H,8H2,1-3H3,(H,21,23). The van der Waals surface area contributed by atoms with Crippen LogP contribution >= 0.6 is 0 Å². The summed E-state index contributed by atoms with van der Waals surface area (Å²) in [5.41, 5.74) is 2.01. The Kier molecular flexibility index (Phi) is 4.42. The molecule has 1 amide bonds. The summed E-state index contributed by atoms with van der Waals surface area (Å²) < 4.78 is 6.27. The van der Waals surface area contributed by atoms with Crippen molar-refractivity contribution in [1.82, 2.24) is 19.5 Å². The van der Waals surface area contributed by atoms with E-state index in [2.05, 4.69) is 20.3 Å². The van der Waals surface area contributed by atoms with Crippen LogP contribution in [0.4, 0.5) is 5.69 Å². The van der Waals surface area contributed by atoms with Gasteiger partial charge in [-0.05, 0) is 26.0 Å². The maximum absolute atomic E-state index is 12.4. The van der Waals surface area contributed by atoms with Crippen LogP contribution in [0.2, 0.25) is 0 Å². The van der Waals surface area contributed by atoms with Crippen molar-refractivity contribution in [1.29, 1.82) is 0 Å². The van der Waals surface area contributed by atoms with Crippen molar-refractivity contribution in [2.24, 2.45) is 0 Å². The molecule has 2 aromatic heterocycles. The molecule has 1 N–H and O–H groups in total. The number of anilines is 1. The van der Waals surface area contributed by atoms with Gasteiger partial charge in [-0.2, -0.15) is 9.97 Å². The smallest absolute Gasteiger partial charge is 0.316 e. The Morgan fingerprint density at radius 2 is 1.88 bits per heavy atom. The highest BCUT2D eigenvalue weighted by Crippen LogP contribution is 2.19. The molecule has 8 heteroatoms. The minimum atomic E-state index is -0.362. The van der Waals surface area contributed by atoms with Gasteiger partial charge < -0.3 is 10.1 Å². The lowest BCUT2D eigenvalue weighted by Crippen LogP contribution is -2.28. The Morgan fingerprint density at radius 1 is 1.20 bits per heavy atom. The summed E-state index contributed by atoms with van der Waals surface area (Å²) in [5.74, 6) is -0.362. The van der Waals surface area contributed by atoms with Gasteiger partial charge >= 0.3 is 6.01 Å². The van der Waals surface area contributed by atoms with Gasteiger partial charge in [0.15, 0.2) is 0 Å². The molecule has 0 aliphatic rings. The Labute approximate surface area is 143 Å². The second-order valence-electron chi connectivity index (χ2n) is 5.50. The zero-order valence-corrected chi connectivity index (χ0v) is 14.1. The van der Waals surface area contributed by atoms with E-state index in [4.69, 9.17) is 4.74 Å². The van der Waals surface area contributed by atoms with Crippen LogP contribution < -0.4 is 15.6 Å². The summed E-state index contributed by atoms with van der Waals surface area (Å²) in [6.07, 6.45) is 1.37. The minimum absolute atomic E-state index is 0.151. The molecule has 0 spiro atoms. The first-order valence-electron chi connectivity index (χ1n) is 7.63. The fraction of sp³-hybridized carbons (Fsp3) is 0.235. The predicted molar refractivity (Wildman–Crippen MR) is 92.7 cm³/mol. The number of aryl methyl sites for hydroxylation is 2. The molecular formula is C17H17N5O3. The number of hydrogen-bond acceptors (Lipinski definition) is 6. The predicted octanol–water partition coefficient (Wildman–Crippen LogP) is 1.45. The second-order valence-corrected chi connectivity index (χ2v) is 5.50. The number of nitrogens with one attached hydrogen (secondary N) is 1. The van der Waals surface area contributed by atoms with Gasteiger partial charge in [0.25, 0.3) is 5.56 Å². The molecule has 3 rings (SSSR count). The summed E-state index contributed by atoms with van der Waals surface area (Å²) in [5, 5.41) is 3.22. The number of nitrogens with zero attached hydrogens (tertiary/aromatic N) is 4. The molecule has 25 heavy (non-hydrogen) atoms. The zero-order valence-electron chi connectivity index (χ0n) is 14.1. The van der Waals surface area contributed by atoms with Crippen molar-refractivity contribution in [2.75, 3.05) is 12.4 Å². The first kappa shape index (κ1) is 16.6. The fourth-order valence-corrected chi connectivity index (χ4v) is 2.51. The van der Waals surface area contributed by atoms with Gasteiger partial charge in [-0.15, -0.1) is 0 Å². The normalized spacial score (nSPS) is 10.7. The average Bonchev–Trinajstić information content (AvgIpc) is 2.60. The largest absolute Gasteiger partial charge is 0.467 e. The van der Waals surface area contributed by atoms with Gasteiger partial charge in [-0.3, -0.25) is 14.2 Å². The van der Waals surface area contributed by atoms with Crippen LogP contribution in [-0.2, 0) is 11.3 Å². The van der Waals surface area contributed by atoms with E-state index in [1.807, 2.05) is 0 Å². The summed E-state index contributed by atoms with van der Waals surface area (Å²) in [7, 11) is 1.48. The molecule has 0 atom stereocenters. The summed E-state index contributed by atoms with van der Waals surface area (Å²) in [4.78, 5) is 37.3. The number of methoxy groups -OCH3 is 1. The molecule has 0 radical (unpaired) electrons. The van der Waals surface area contributed by atoms with Crippen molar-refractivity contribution in [3.05, 3.63) is 52.3 Å². The van der Waals surface area contributed by atoms with Crippen molar-refractivity contribution < 1.29 is 9.53 Å². The molecule has 0 aliphatic heterocycles. The monoisotopic (exact) mass is 339 g/mol. The Hall–Kier alpha value is -3.29. The van der Waals surface area contributed by atoms with E-state index < -0.39 is 0 Å². The van der Waals surface area contributed by atoms with Crippen molar-refractivity contribution in [3.63, 3.8) is 0 Å². The summed E-state index contributed by atoms with van der Waals surface area (Å²) >= 11 is 0. The summed E-state index contributed by atoms with van der Waals surface area (Å²) in [6, 6.07) is 7.24. The van der Waals surface area contributed by atoms with Crippen LogP contribution in [0.25, 0.3) is 10.9 Å². The third kappa shape index (κ3) is 3.32. The number of amides is 1. The number of fused-ring (bicyclic) bond motifs is 1. The first-order valence-corrected chi connectivity index (χ1v) is 7.63. The second kappa shape index (κ2) is 6.68. The van der Waals surface area contributed by atoms with Gasteiger partial charge in [-0.1, -0.05) is 12.1 Å². The Balaban J connectivity index is 1.84. The highest BCUT2D eigenvalue weighted by molar-refractivity contribution is 5.91. The van der Waals surface area contributed by atoms with E-state index in [-0.39, 0.29) is 24.0 Å². The van der Waals surface area contributed by atoms with Crippen LogP contribution in [0, 0.1) is 13.8 Å². The number of rotatable bonds is 4. The lowest BCUT2D eigenvalue weighted by molar-refractivity contribution is -0.116. The number of benzene rings is 1. The van der Waals surface area contributed by atoms with E-state index >= 15 is 0 Å². The summed E-state index contributed by atoms with van der Waals surface area (Å²) in [6.45, 7) is 3.34. The van der Waals surface area contributed by atoms with E-state index in [0.29, 0.717) is 28.0 Å². The maximum atomic E-state index is 12.4. The molecule has 0 fully saturated rings. The third-order valence-electron chi connectivity index (χ3n) is 3.74. The number of para-hydroxylation sites is 1. The van der Waals surface area contributed by atoms with E-state index in [9.17, 15) is 9.59 Å². The van der Waals surface area contributed by atoms with Crippen LogP contribution in [0.1, 0.15) is 11.4 Å². The number of carbonyl (C=O) groups is 1. The molecule has 0 aliphatic carbocycles. The number of carbonyl (C=O) groups excluding carboxylic acids is 1. The zero-order chi connectivity index (χ0) is 18.0. The van der Waals surface area contributed by atoms with Gasteiger partial charge in [-0.25, -0.2) is 4.98 Å². The van der Waals surface area contributed by atoms with Crippen LogP contribution in [0.15, 0.2) is 35.4 Å². The van der Waals surface area contributed by atoms with E-state index in [0.717, 1.165) is 0 Å². The van der Waals surface area contributed by atoms with E-state index in [1.54, 1.807) is 38.1 Å². The van der Waals surface area contributed by atoms with E-state index in [1.165, 1.54) is 18.0 Å². The number of ether oxygens (including phenoxy) is 1. The lowest BCUT2D eigenvalue weighted by Gasteiger charge is -2.12. The maximum Gasteiger partial charge on any atom is 0.316 e. The Morgan fingerprint density at radius 3 is 2.56 bits per heavy atom. The lowest BCUT2D eigenvalue weighted by atomic mass is 10.2. The SMILES string of the molecule is COc1nc(C)c(NC(=O)Cn2cnc3ccccc3c2=O)c(C)n1. The number of aromatic nitrogens is 4. The van der Waals surface area contributed by atoms with Crippen LogP contribution in [0.5, 0.6) is 6.01 Å². The average molecular weight is 339 g/mol. The number of hydrogen-bond donors (Lipinski definition) is 1. The van der Waals surface area contributed by atoms with Gasteiger partial charge in [0.05, 0.1) is 41.4 Å². The van der Waals surface area contributed by atoms with Crippen LogP contribution in [-0.4, -0.2) is 32.5 Å². The Bertz CT molecular complexity index is 990. The third-order valence-corrected chi connectivity index (χ3v) is 3.74. The molecule has 1 aromatic carbocycles. The van der Waals surface area contributed by atoms with Crippen molar-refractivity contribution >= 4 is 22.5 Å². The highest BCUT2D eigenvalue weighted by Gasteiger charge is 2.13.